The summed E-state index contributed by atoms with van der Waals surface area (Å²) >= 11 is 0. The highest BCUT2D eigenvalue weighted by atomic mass is 32.2. The number of hydrogen-bond donors (Lipinski definition) is 0. The normalized spacial score (nSPS) is 13.5. The number of hydrogen-bond acceptors (Lipinski definition) is 3. The van der Waals surface area contributed by atoms with Gasteiger partial charge in [0.05, 0.1) is 18.1 Å². The van der Waals surface area contributed by atoms with Gasteiger partial charge in [0.25, 0.3) is 0 Å². The molecule has 1 aromatic rings. The molecule has 104 valence electrons. The number of alkyl halides is 3. The monoisotopic (exact) mass is 285 g/mol. The fraction of sp³-hybridized carbons (Fsp3) is 0.600. The SMILES string of the molecule is CC(C)S(=O)(=O)N(Cc1ccco1)CC(F)(F)F. The van der Waals surface area contributed by atoms with Crippen molar-refractivity contribution in [1.29, 1.82) is 0 Å². The highest BCUT2D eigenvalue weighted by Crippen LogP contribution is 2.22. The Morgan fingerprint density at radius 2 is 2.00 bits per heavy atom. The number of furan rings is 1. The topological polar surface area (TPSA) is 50.5 Å². The Morgan fingerprint density at radius 1 is 1.39 bits per heavy atom. The molecule has 0 aromatic carbocycles. The summed E-state index contributed by atoms with van der Waals surface area (Å²) in [6.45, 7) is 0.725. The van der Waals surface area contributed by atoms with Crippen LogP contribution in [0.5, 0.6) is 0 Å². The standard InChI is InChI=1S/C10H14F3NO3S/c1-8(2)18(15,16)14(7-10(11,12)13)6-9-4-3-5-17-9/h3-5,8H,6-7H2,1-2H3. The second-order valence-electron chi connectivity index (χ2n) is 4.06. The predicted octanol–water partition coefficient (Wildman–Crippen LogP) is 2.38. The van der Waals surface area contributed by atoms with E-state index < -0.39 is 34.5 Å². The van der Waals surface area contributed by atoms with Crippen molar-refractivity contribution in [2.45, 2.75) is 31.8 Å². The maximum absolute atomic E-state index is 12.4. The van der Waals surface area contributed by atoms with Gasteiger partial charge >= 0.3 is 6.18 Å². The summed E-state index contributed by atoms with van der Waals surface area (Å²) in [6, 6.07) is 2.92. The Hall–Kier alpha value is -1.02. The molecule has 1 heterocycles. The van der Waals surface area contributed by atoms with E-state index in [0.717, 1.165) is 0 Å². The Balaban J connectivity index is 2.96. The predicted molar refractivity (Wildman–Crippen MR) is 59.2 cm³/mol. The fourth-order valence-corrected chi connectivity index (χ4v) is 2.54. The van der Waals surface area contributed by atoms with Crippen molar-refractivity contribution >= 4 is 10.0 Å². The van der Waals surface area contributed by atoms with Gasteiger partial charge in [-0.15, -0.1) is 0 Å². The largest absolute Gasteiger partial charge is 0.468 e. The van der Waals surface area contributed by atoms with Crippen molar-refractivity contribution in [3.63, 3.8) is 0 Å². The van der Waals surface area contributed by atoms with Gasteiger partial charge < -0.3 is 4.42 Å². The Bertz CT molecular complexity index is 465. The zero-order chi connectivity index (χ0) is 14.0. The summed E-state index contributed by atoms with van der Waals surface area (Å²) in [4.78, 5) is 0. The first kappa shape index (κ1) is 15.0. The lowest BCUT2D eigenvalue weighted by Crippen LogP contribution is -2.41. The van der Waals surface area contributed by atoms with E-state index in [1.807, 2.05) is 0 Å². The molecule has 8 heteroatoms. The Morgan fingerprint density at radius 3 is 2.39 bits per heavy atom. The third-order valence-corrected chi connectivity index (χ3v) is 4.39. The third-order valence-electron chi connectivity index (χ3n) is 2.22. The second kappa shape index (κ2) is 5.31. The van der Waals surface area contributed by atoms with E-state index in [0.29, 0.717) is 4.31 Å². The summed E-state index contributed by atoms with van der Waals surface area (Å²) in [5, 5.41) is -0.921. The van der Waals surface area contributed by atoms with E-state index >= 15 is 0 Å². The average molecular weight is 285 g/mol. The molecule has 1 aromatic heterocycles. The minimum Gasteiger partial charge on any atom is -0.468 e. The highest BCUT2D eigenvalue weighted by Gasteiger charge is 2.37. The molecule has 0 atom stereocenters. The zero-order valence-corrected chi connectivity index (χ0v) is 10.8. The fourth-order valence-electron chi connectivity index (χ4n) is 1.31. The average Bonchev–Trinajstić information content (AvgIpc) is 2.67. The van der Waals surface area contributed by atoms with Crippen molar-refractivity contribution in [2.75, 3.05) is 6.54 Å². The lowest BCUT2D eigenvalue weighted by molar-refractivity contribution is -0.137. The molecule has 1 rings (SSSR count). The molecule has 0 saturated carbocycles. The van der Waals surface area contributed by atoms with Crippen LogP contribution in [0.3, 0.4) is 0 Å². The number of sulfonamides is 1. The molecule has 0 aliphatic rings. The molecular formula is C10H14F3NO3S. The van der Waals surface area contributed by atoms with Gasteiger partial charge in [-0.1, -0.05) is 0 Å². The molecule has 0 spiro atoms. The minimum atomic E-state index is -4.59. The molecule has 0 fully saturated rings. The van der Waals surface area contributed by atoms with E-state index in [-0.39, 0.29) is 5.76 Å². The third kappa shape index (κ3) is 4.02. The Kier molecular flexibility index (Phi) is 4.44. The Labute approximate surface area is 103 Å². The van der Waals surface area contributed by atoms with Crippen molar-refractivity contribution in [3.05, 3.63) is 24.2 Å². The van der Waals surface area contributed by atoms with Crippen LogP contribution >= 0.6 is 0 Å². The van der Waals surface area contributed by atoms with E-state index in [4.69, 9.17) is 4.42 Å². The maximum Gasteiger partial charge on any atom is 0.402 e. The molecule has 0 aliphatic heterocycles. The lowest BCUT2D eigenvalue weighted by atomic mass is 10.4. The first-order valence-corrected chi connectivity index (χ1v) is 6.71. The van der Waals surface area contributed by atoms with Crippen LogP contribution in [0.4, 0.5) is 13.2 Å². The van der Waals surface area contributed by atoms with Gasteiger partial charge in [0, 0.05) is 0 Å². The van der Waals surface area contributed by atoms with Crippen LogP contribution in [0.15, 0.2) is 22.8 Å². The quantitative estimate of drug-likeness (QED) is 0.834. The molecular weight excluding hydrogens is 271 g/mol. The highest BCUT2D eigenvalue weighted by molar-refractivity contribution is 7.89. The summed E-state index contributed by atoms with van der Waals surface area (Å²) in [7, 11) is -3.99. The summed E-state index contributed by atoms with van der Waals surface area (Å²) in [5.74, 6) is 0.170. The molecule has 0 aliphatic carbocycles. The van der Waals surface area contributed by atoms with Crippen LogP contribution in [0.2, 0.25) is 0 Å². The number of nitrogens with zero attached hydrogens (tertiary/aromatic N) is 1. The van der Waals surface area contributed by atoms with E-state index in [1.54, 1.807) is 0 Å². The van der Waals surface area contributed by atoms with Crippen molar-refractivity contribution in [3.8, 4) is 0 Å². The minimum absolute atomic E-state index is 0.170. The maximum atomic E-state index is 12.4. The van der Waals surface area contributed by atoms with Gasteiger partial charge in [0.1, 0.15) is 12.3 Å². The summed E-state index contributed by atoms with van der Waals surface area (Å²) < 4.78 is 66.1. The van der Waals surface area contributed by atoms with Crippen molar-refractivity contribution in [2.24, 2.45) is 0 Å². The van der Waals surface area contributed by atoms with Crippen LogP contribution in [0.25, 0.3) is 0 Å². The summed E-state index contributed by atoms with van der Waals surface area (Å²) in [5.41, 5.74) is 0. The van der Waals surface area contributed by atoms with Crippen LogP contribution in [-0.2, 0) is 16.6 Å². The van der Waals surface area contributed by atoms with E-state index in [9.17, 15) is 21.6 Å². The van der Waals surface area contributed by atoms with E-state index in [1.165, 1.54) is 32.2 Å². The number of halogens is 3. The first-order chi connectivity index (χ1) is 8.13. The van der Waals surface area contributed by atoms with Crippen LogP contribution in [0.1, 0.15) is 19.6 Å². The van der Waals surface area contributed by atoms with Gasteiger partial charge in [0.2, 0.25) is 10.0 Å². The van der Waals surface area contributed by atoms with Gasteiger partial charge in [0.15, 0.2) is 0 Å². The van der Waals surface area contributed by atoms with Crippen LogP contribution in [0, 0.1) is 0 Å². The van der Waals surface area contributed by atoms with Gasteiger partial charge in [-0.25, -0.2) is 8.42 Å². The number of rotatable bonds is 5. The van der Waals surface area contributed by atoms with Crippen molar-refractivity contribution in [1.82, 2.24) is 4.31 Å². The van der Waals surface area contributed by atoms with E-state index in [2.05, 4.69) is 0 Å². The van der Waals surface area contributed by atoms with Gasteiger partial charge in [-0.2, -0.15) is 17.5 Å². The van der Waals surface area contributed by atoms with Gasteiger partial charge in [-0.3, -0.25) is 0 Å². The molecule has 18 heavy (non-hydrogen) atoms. The first-order valence-electron chi connectivity index (χ1n) is 5.21. The molecule has 0 bridgehead atoms. The van der Waals surface area contributed by atoms with Crippen molar-refractivity contribution < 1.29 is 26.0 Å². The van der Waals surface area contributed by atoms with Crippen LogP contribution < -0.4 is 0 Å². The lowest BCUT2D eigenvalue weighted by Gasteiger charge is -2.24. The molecule has 0 N–H and O–H groups in total. The van der Waals surface area contributed by atoms with Gasteiger partial charge in [-0.05, 0) is 26.0 Å². The smallest absolute Gasteiger partial charge is 0.402 e. The molecule has 0 radical (unpaired) electrons. The molecule has 0 amide bonds. The molecule has 4 nitrogen and oxygen atoms in total. The molecule has 0 unspecified atom stereocenters. The summed E-state index contributed by atoms with van der Waals surface area (Å²) in [6.07, 6.45) is -3.31. The van der Waals surface area contributed by atoms with Crippen LogP contribution in [-0.4, -0.2) is 30.7 Å². The second-order valence-corrected chi connectivity index (χ2v) is 6.55. The zero-order valence-electron chi connectivity index (χ0n) is 9.94. The molecule has 0 saturated heterocycles.